The Morgan fingerprint density at radius 1 is 0.404 bits per heavy atom. The molecule has 0 aliphatic rings. The molecule has 8 aromatic carbocycles. The fourth-order valence-corrected chi connectivity index (χ4v) is 8.29. The molecule has 4 aromatic heterocycles. The van der Waals surface area contributed by atoms with Gasteiger partial charge >= 0.3 is 0 Å². The Kier molecular flexibility index (Phi) is 6.79. The third kappa shape index (κ3) is 4.92. The van der Waals surface area contributed by atoms with Crippen molar-refractivity contribution >= 4 is 65.6 Å². The fourth-order valence-electron chi connectivity index (χ4n) is 8.29. The highest BCUT2D eigenvalue weighted by molar-refractivity contribution is 6.27. The van der Waals surface area contributed by atoms with Crippen LogP contribution >= 0.6 is 0 Å². The first kappa shape index (κ1) is 31.5. The van der Waals surface area contributed by atoms with Gasteiger partial charge in [0, 0.05) is 38.5 Å². The monoisotopic (exact) mass is 731 g/mol. The molecular formula is C50H29N5O2. The number of aromatic nitrogens is 5. The van der Waals surface area contributed by atoms with Crippen LogP contribution in [0.2, 0.25) is 0 Å². The van der Waals surface area contributed by atoms with Gasteiger partial charge in [0.2, 0.25) is 5.89 Å². The first-order chi connectivity index (χ1) is 28.2. The SMILES string of the molecule is c1ccc(-c2nc(-c3cccc(-n4c5ccccc5c5ccccc54)c3)nc(-c3cc4ccccc4c4c3oc3ccc5oc(-c6ccccc6)nc5c34)n2)cc1. The lowest BCUT2D eigenvalue weighted by atomic mass is 9.99. The predicted molar refractivity (Wildman–Crippen MR) is 228 cm³/mol. The molecular weight excluding hydrogens is 703 g/mol. The maximum Gasteiger partial charge on any atom is 0.227 e. The van der Waals surface area contributed by atoms with Crippen LogP contribution < -0.4 is 0 Å². The highest BCUT2D eigenvalue weighted by Gasteiger charge is 2.23. The molecule has 0 saturated heterocycles. The van der Waals surface area contributed by atoms with E-state index >= 15 is 0 Å². The first-order valence-electron chi connectivity index (χ1n) is 18.9. The highest BCUT2D eigenvalue weighted by atomic mass is 16.4. The molecule has 0 saturated carbocycles. The topological polar surface area (TPSA) is 82.8 Å². The lowest BCUT2D eigenvalue weighted by Gasteiger charge is -2.12. The molecule has 7 nitrogen and oxygen atoms in total. The maximum atomic E-state index is 6.82. The van der Waals surface area contributed by atoms with Gasteiger partial charge < -0.3 is 13.4 Å². The number of furan rings is 1. The number of fused-ring (bicyclic) bond motifs is 10. The van der Waals surface area contributed by atoms with Crippen LogP contribution in [0, 0.1) is 0 Å². The molecule has 57 heavy (non-hydrogen) atoms. The van der Waals surface area contributed by atoms with E-state index in [1.54, 1.807) is 0 Å². The van der Waals surface area contributed by atoms with Gasteiger partial charge in [-0.3, -0.25) is 0 Å². The van der Waals surface area contributed by atoms with Gasteiger partial charge in [-0.05, 0) is 65.4 Å². The molecule has 0 aliphatic carbocycles. The summed E-state index contributed by atoms with van der Waals surface area (Å²) in [7, 11) is 0. The molecule has 0 radical (unpaired) electrons. The summed E-state index contributed by atoms with van der Waals surface area (Å²) < 4.78 is 15.5. The zero-order chi connectivity index (χ0) is 37.5. The molecule has 0 amide bonds. The van der Waals surface area contributed by atoms with E-state index in [1.807, 2.05) is 78.9 Å². The van der Waals surface area contributed by atoms with Gasteiger partial charge in [0.25, 0.3) is 0 Å². The van der Waals surface area contributed by atoms with Crippen molar-refractivity contribution in [3.05, 3.63) is 176 Å². The van der Waals surface area contributed by atoms with Crippen LogP contribution in [0.3, 0.4) is 0 Å². The normalized spacial score (nSPS) is 11.9. The molecule has 266 valence electrons. The van der Waals surface area contributed by atoms with Crippen molar-refractivity contribution in [2.75, 3.05) is 0 Å². The Labute approximate surface area is 325 Å². The molecule has 0 fully saturated rings. The minimum absolute atomic E-state index is 0.511. The quantitative estimate of drug-likeness (QED) is 0.175. The zero-order valence-corrected chi connectivity index (χ0v) is 30.3. The molecule has 0 bridgehead atoms. The third-order valence-corrected chi connectivity index (χ3v) is 10.9. The van der Waals surface area contributed by atoms with E-state index in [1.165, 1.54) is 10.8 Å². The van der Waals surface area contributed by atoms with Crippen LogP contribution in [-0.2, 0) is 0 Å². The first-order valence-corrected chi connectivity index (χ1v) is 18.9. The summed E-state index contributed by atoms with van der Waals surface area (Å²) in [6.45, 7) is 0. The second-order valence-electron chi connectivity index (χ2n) is 14.2. The van der Waals surface area contributed by atoms with E-state index in [-0.39, 0.29) is 0 Å². The predicted octanol–water partition coefficient (Wildman–Crippen LogP) is 12.8. The minimum Gasteiger partial charge on any atom is -0.455 e. The molecule has 4 heterocycles. The number of hydrogen-bond acceptors (Lipinski definition) is 6. The van der Waals surface area contributed by atoms with E-state index in [9.17, 15) is 0 Å². The van der Waals surface area contributed by atoms with E-state index in [2.05, 4.69) is 102 Å². The fraction of sp³-hybridized carbons (Fsp3) is 0. The van der Waals surface area contributed by atoms with Gasteiger partial charge in [-0.25, -0.2) is 19.9 Å². The Morgan fingerprint density at radius 3 is 1.75 bits per heavy atom. The second kappa shape index (κ2) is 12.3. The number of rotatable bonds is 5. The summed E-state index contributed by atoms with van der Waals surface area (Å²) in [5.41, 5.74) is 9.55. The van der Waals surface area contributed by atoms with Crippen LogP contribution in [0.15, 0.2) is 185 Å². The van der Waals surface area contributed by atoms with Crippen molar-refractivity contribution in [3.8, 4) is 51.3 Å². The van der Waals surface area contributed by atoms with E-state index in [0.717, 1.165) is 66.0 Å². The number of para-hydroxylation sites is 2. The summed E-state index contributed by atoms with van der Waals surface area (Å²) in [6.07, 6.45) is 0. The Balaban J connectivity index is 1.11. The molecule has 0 spiro atoms. The molecule has 12 rings (SSSR count). The maximum absolute atomic E-state index is 6.82. The molecule has 0 aliphatic heterocycles. The average Bonchev–Trinajstić information content (AvgIpc) is 3.99. The second-order valence-corrected chi connectivity index (χ2v) is 14.2. The van der Waals surface area contributed by atoms with Crippen molar-refractivity contribution < 1.29 is 8.83 Å². The summed E-state index contributed by atoms with van der Waals surface area (Å²) in [5, 5.41) is 6.32. The van der Waals surface area contributed by atoms with Crippen molar-refractivity contribution in [1.29, 1.82) is 0 Å². The van der Waals surface area contributed by atoms with E-state index in [0.29, 0.717) is 40.1 Å². The van der Waals surface area contributed by atoms with E-state index in [4.69, 9.17) is 28.8 Å². The number of nitrogens with zero attached hydrogens (tertiary/aromatic N) is 5. The molecule has 0 unspecified atom stereocenters. The van der Waals surface area contributed by atoms with Crippen LogP contribution in [0.4, 0.5) is 0 Å². The largest absolute Gasteiger partial charge is 0.455 e. The standard InChI is InChI=1S/C50H29N5O2/c1-3-14-30(15-4-1)47-52-48(33-19-13-20-34(28-33)55-39-24-11-9-22-36(39)37-23-10-12-25-40(37)55)54-49(53-47)38-29-32-18-7-8-21-35(32)43-44-41(56-46(38)43)26-27-42-45(44)51-50(57-42)31-16-5-2-6-17-31/h1-29H. The van der Waals surface area contributed by atoms with Gasteiger partial charge in [0.15, 0.2) is 23.1 Å². The Morgan fingerprint density at radius 2 is 1.00 bits per heavy atom. The van der Waals surface area contributed by atoms with Crippen molar-refractivity contribution in [1.82, 2.24) is 24.5 Å². The van der Waals surface area contributed by atoms with Gasteiger partial charge in [0.1, 0.15) is 16.7 Å². The van der Waals surface area contributed by atoms with Crippen LogP contribution in [0.5, 0.6) is 0 Å². The minimum atomic E-state index is 0.511. The van der Waals surface area contributed by atoms with Crippen molar-refractivity contribution in [2.45, 2.75) is 0 Å². The Hall–Kier alpha value is -7.90. The van der Waals surface area contributed by atoms with Crippen LogP contribution in [0.25, 0.3) is 117 Å². The van der Waals surface area contributed by atoms with Gasteiger partial charge in [-0.2, -0.15) is 0 Å². The number of benzene rings is 8. The summed E-state index contributed by atoms with van der Waals surface area (Å²) in [4.78, 5) is 20.6. The molecule has 12 aromatic rings. The van der Waals surface area contributed by atoms with E-state index < -0.39 is 0 Å². The average molecular weight is 732 g/mol. The summed E-state index contributed by atoms with van der Waals surface area (Å²) in [6, 6.07) is 59.9. The van der Waals surface area contributed by atoms with Gasteiger partial charge in [0.05, 0.1) is 22.0 Å². The Bertz CT molecular complexity index is 3480. The van der Waals surface area contributed by atoms with Crippen molar-refractivity contribution in [3.63, 3.8) is 0 Å². The zero-order valence-electron chi connectivity index (χ0n) is 30.3. The number of hydrogen-bond donors (Lipinski definition) is 0. The third-order valence-electron chi connectivity index (χ3n) is 10.9. The van der Waals surface area contributed by atoms with Gasteiger partial charge in [-0.15, -0.1) is 0 Å². The number of oxazole rings is 1. The van der Waals surface area contributed by atoms with Crippen LogP contribution in [-0.4, -0.2) is 24.5 Å². The molecule has 0 atom stereocenters. The lowest BCUT2D eigenvalue weighted by Crippen LogP contribution is -2.01. The summed E-state index contributed by atoms with van der Waals surface area (Å²) >= 11 is 0. The lowest BCUT2D eigenvalue weighted by molar-refractivity contribution is 0.619. The van der Waals surface area contributed by atoms with Gasteiger partial charge in [-0.1, -0.05) is 121 Å². The highest BCUT2D eigenvalue weighted by Crippen LogP contribution is 2.44. The smallest absolute Gasteiger partial charge is 0.227 e. The van der Waals surface area contributed by atoms with Crippen LogP contribution in [0.1, 0.15) is 0 Å². The summed E-state index contributed by atoms with van der Waals surface area (Å²) in [5.74, 6) is 2.20. The van der Waals surface area contributed by atoms with Crippen molar-refractivity contribution in [2.24, 2.45) is 0 Å². The molecule has 0 N–H and O–H groups in total. The molecule has 7 heteroatoms.